The average Bonchev–Trinajstić information content (AvgIpc) is 2.86. The van der Waals surface area contributed by atoms with Gasteiger partial charge in [-0.2, -0.15) is 0 Å². The summed E-state index contributed by atoms with van der Waals surface area (Å²) in [5.41, 5.74) is 3.03. The number of carbonyl (C=O) groups is 1. The highest BCUT2D eigenvalue weighted by atomic mass is 19.1. The summed E-state index contributed by atoms with van der Waals surface area (Å²) in [6.07, 6.45) is 6.53. The van der Waals surface area contributed by atoms with Gasteiger partial charge < -0.3 is 9.67 Å². The Kier molecular flexibility index (Phi) is 3.42. The van der Waals surface area contributed by atoms with Crippen molar-refractivity contribution in [2.75, 3.05) is 0 Å². The van der Waals surface area contributed by atoms with Crippen molar-refractivity contribution in [2.45, 2.75) is 0 Å². The molecule has 6 heteroatoms. The number of fused-ring (bicyclic) bond motifs is 1. The van der Waals surface area contributed by atoms with Crippen molar-refractivity contribution < 1.29 is 14.3 Å². The second kappa shape index (κ2) is 5.40. The minimum Gasteiger partial charge on any atom is -0.478 e. The molecular formula is C16H12FN3O2. The van der Waals surface area contributed by atoms with E-state index < -0.39 is 11.8 Å². The van der Waals surface area contributed by atoms with E-state index in [1.807, 2.05) is 17.7 Å². The SMILES string of the molecule is Cn1cnc2ccc(-c3c(F)cncc3/C=C/C(=O)O)cc21. The van der Waals surface area contributed by atoms with Crippen LogP contribution >= 0.6 is 0 Å². The first-order valence-corrected chi connectivity index (χ1v) is 6.52. The molecule has 0 saturated carbocycles. The van der Waals surface area contributed by atoms with Crippen LogP contribution in [0.4, 0.5) is 4.39 Å². The molecule has 3 aromatic rings. The number of aliphatic carboxylic acids is 1. The number of pyridine rings is 1. The van der Waals surface area contributed by atoms with Crippen molar-refractivity contribution in [1.29, 1.82) is 0 Å². The largest absolute Gasteiger partial charge is 0.478 e. The van der Waals surface area contributed by atoms with Gasteiger partial charge in [-0.15, -0.1) is 0 Å². The maximum absolute atomic E-state index is 14.2. The van der Waals surface area contributed by atoms with Gasteiger partial charge in [0.25, 0.3) is 0 Å². The van der Waals surface area contributed by atoms with E-state index >= 15 is 0 Å². The third-order valence-electron chi connectivity index (χ3n) is 3.35. The van der Waals surface area contributed by atoms with Crippen molar-refractivity contribution in [2.24, 2.45) is 7.05 Å². The Balaban J connectivity index is 2.20. The Hall–Kier alpha value is -3.02. The number of carboxylic acid groups (broad SMARTS) is 1. The van der Waals surface area contributed by atoms with Crippen LogP contribution in [0.1, 0.15) is 5.56 Å². The number of benzene rings is 1. The Morgan fingerprint density at radius 1 is 1.36 bits per heavy atom. The van der Waals surface area contributed by atoms with Gasteiger partial charge >= 0.3 is 5.97 Å². The minimum absolute atomic E-state index is 0.315. The summed E-state index contributed by atoms with van der Waals surface area (Å²) >= 11 is 0. The highest BCUT2D eigenvalue weighted by Crippen LogP contribution is 2.29. The third-order valence-corrected chi connectivity index (χ3v) is 3.35. The molecule has 0 aliphatic rings. The van der Waals surface area contributed by atoms with Crippen LogP contribution in [0.2, 0.25) is 0 Å². The van der Waals surface area contributed by atoms with Gasteiger partial charge in [0.2, 0.25) is 0 Å². The topological polar surface area (TPSA) is 68.0 Å². The maximum Gasteiger partial charge on any atom is 0.328 e. The number of nitrogens with zero attached hydrogens (tertiary/aromatic N) is 3. The fourth-order valence-corrected chi connectivity index (χ4v) is 2.32. The zero-order valence-corrected chi connectivity index (χ0v) is 11.7. The van der Waals surface area contributed by atoms with E-state index in [9.17, 15) is 9.18 Å². The number of hydrogen-bond donors (Lipinski definition) is 1. The number of halogens is 1. The molecule has 0 bridgehead atoms. The molecule has 22 heavy (non-hydrogen) atoms. The number of aryl methyl sites for hydroxylation is 1. The van der Waals surface area contributed by atoms with E-state index in [0.29, 0.717) is 16.7 Å². The number of hydrogen-bond acceptors (Lipinski definition) is 3. The van der Waals surface area contributed by atoms with Crippen LogP contribution in [0.5, 0.6) is 0 Å². The monoisotopic (exact) mass is 297 g/mol. The molecule has 3 rings (SSSR count). The van der Waals surface area contributed by atoms with Crippen LogP contribution in [0.15, 0.2) is 43.0 Å². The highest BCUT2D eigenvalue weighted by molar-refractivity contribution is 5.89. The van der Waals surface area contributed by atoms with Gasteiger partial charge in [-0.3, -0.25) is 4.98 Å². The number of aromatic nitrogens is 3. The number of imidazole rings is 1. The summed E-state index contributed by atoms with van der Waals surface area (Å²) in [5, 5.41) is 8.74. The van der Waals surface area contributed by atoms with Crippen LogP contribution < -0.4 is 0 Å². The predicted molar refractivity (Wildman–Crippen MR) is 80.6 cm³/mol. The lowest BCUT2D eigenvalue weighted by Gasteiger charge is -2.08. The van der Waals surface area contributed by atoms with Crippen LogP contribution in [0.25, 0.3) is 28.2 Å². The first-order valence-electron chi connectivity index (χ1n) is 6.52. The second-order valence-corrected chi connectivity index (χ2v) is 4.82. The van der Waals surface area contributed by atoms with Crippen molar-refractivity contribution >= 4 is 23.1 Å². The lowest BCUT2D eigenvalue weighted by Crippen LogP contribution is -1.93. The zero-order chi connectivity index (χ0) is 15.7. The molecule has 2 heterocycles. The Morgan fingerprint density at radius 2 is 2.18 bits per heavy atom. The van der Waals surface area contributed by atoms with Crippen LogP contribution in [0, 0.1) is 5.82 Å². The van der Waals surface area contributed by atoms with Crippen molar-refractivity contribution in [3.8, 4) is 11.1 Å². The first kappa shape index (κ1) is 13.9. The molecule has 0 aliphatic heterocycles. The fraction of sp³-hybridized carbons (Fsp3) is 0.0625. The molecule has 2 aromatic heterocycles. The number of rotatable bonds is 3. The molecule has 5 nitrogen and oxygen atoms in total. The quantitative estimate of drug-likeness (QED) is 0.755. The molecule has 1 N–H and O–H groups in total. The summed E-state index contributed by atoms with van der Waals surface area (Å²) in [6, 6.07) is 5.37. The standard InChI is InChI=1S/C16H12FN3O2/c1-20-9-19-13-4-2-10(6-14(13)20)16-11(3-5-15(21)22)7-18-8-12(16)17/h2-9H,1H3,(H,21,22)/b5-3+. The fourth-order valence-electron chi connectivity index (χ4n) is 2.32. The first-order chi connectivity index (χ1) is 10.6. The normalized spacial score (nSPS) is 11.4. The van der Waals surface area contributed by atoms with E-state index in [0.717, 1.165) is 23.3 Å². The summed E-state index contributed by atoms with van der Waals surface area (Å²) in [7, 11) is 1.85. The van der Waals surface area contributed by atoms with Gasteiger partial charge in [-0.05, 0) is 23.8 Å². The predicted octanol–water partition coefficient (Wildman–Crippen LogP) is 2.87. The van der Waals surface area contributed by atoms with Crippen molar-refractivity contribution in [3.63, 3.8) is 0 Å². The smallest absolute Gasteiger partial charge is 0.328 e. The molecule has 0 aliphatic carbocycles. The van der Waals surface area contributed by atoms with Gasteiger partial charge in [0.05, 0.1) is 23.6 Å². The lowest BCUT2D eigenvalue weighted by molar-refractivity contribution is -0.131. The van der Waals surface area contributed by atoms with E-state index in [4.69, 9.17) is 5.11 Å². The summed E-state index contributed by atoms with van der Waals surface area (Å²) in [4.78, 5) is 18.7. The summed E-state index contributed by atoms with van der Waals surface area (Å²) in [5.74, 6) is -1.61. The molecule has 0 spiro atoms. The molecule has 110 valence electrons. The molecule has 0 unspecified atom stereocenters. The Morgan fingerprint density at radius 3 is 2.95 bits per heavy atom. The van der Waals surface area contributed by atoms with Crippen LogP contribution in [0.3, 0.4) is 0 Å². The van der Waals surface area contributed by atoms with Crippen molar-refractivity contribution in [1.82, 2.24) is 14.5 Å². The van der Waals surface area contributed by atoms with Crippen molar-refractivity contribution in [3.05, 3.63) is 54.4 Å². The van der Waals surface area contributed by atoms with Gasteiger partial charge in [0.15, 0.2) is 0 Å². The zero-order valence-electron chi connectivity index (χ0n) is 11.7. The molecule has 0 radical (unpaired) electrons. The molecule has 0 fully saturated rings. The van der Waals surface area contributed by atoms with E-state index in [2.05, 4.69) is 9.97 Å². The van der Waals surface area contributed by atoms with E-state index in [-0.39, 0.29) is 0 Å². The summed E-state index contributed by atoms with van der Waals surface area (Å²) in [6.45, 7) is 0. The second-order valence-electron chi connectivity index (χ2n) is 4.82. The molecule has 0 atom stereocenters. The highest BCUT2D eigenvalue weighted by Gasteiger charge is 2.12. The van der Waals surface area contributed by atoms with Gasteiger partial charge in [0.1, 0.15) is 5.82 Å². The van der Waals surface area contributed by atoms with E-state index in [1.54, 1.807) is 18.5 Å². The maximum atomic E-state index is 14.2. The van der Waals surface area contributed by atoms with Crippen LogP contribution in [-0.2, 0) is 11.8 Å². The molecule has 0 saturated heterocycles. The van der Waals surface area contributed by atoms with E-state index in [1.165, 1.54) is 12.3 Å². The lowest BCUT2D eigenvalue weighted by atomic mass is 10.0. The average molecular weight is 297 g/mol. The van der Waals surface area contributed by atoms with Gasteiger partial charge in [-0.1, -0.05) is 6.07 Å². The summed E-state index contributed by atoms with van der Waals surface area (Å²) < 4.78 is 16.1. The molecule has 1 aromatic carbocycles. The minimum atomic E-state index is -1.10. The Bertz CT molecular complexity index is 900. The molecule has 0 amide bonds. The Labute approximate surface area is 125 Å². The van der Waals surface area contributed by atoms with Gasteiger partial charge in [-0.25, -0.2) is 14.2 Å². The third kappa shape index (κ3) is 2.46. The van der Waals surface area contributed by atoms with Crippen LogP contribution in [-0.4, -0.2) is 25.6 Å². The van der Waals surface area contributed by atoms with Gasteiger partial charge in [0, 0.05) is 30.4 Å². The molecular weight excluding hydrogens is 285 g/mol. The number of carboxylic acids is 1.